The lowest BCUT2D eigenvalue weighted by Crippen LogP contribution is -2.39. The zero-order valence-electron chi connectivity index (χ0n) is 13.2. The number of nitrogens with one attached hydrogen (secondary N) is 1. The monoisotopic (exact) mass is 301 g/mol. The molecule has 1 aromatic heterocycles. The number of β-amino-alcohol motifs (C(OH)–C–C–N with tert-alkyl or cyclic N) is 1. The van der Waals surface area contributed by atoms with Crippen molar-refractivity contribution in [2.45, 2.75) is 32.4 Å². The van der Waals surface area contributed by atoms with E-state index < -0.39 is 5.60 Å². The van der Waals surface area contributed by atoms with Crippen molar-refractivity contribution in [3.8, 4) is 5.75 Å². The average molecular weight is 301 g/mol. The molecule has 1 aliphatic heterocycles. The molecule has 2 aromatic rings. The summed E-state index contributed by atoms with van der Waals surface area (Å²) in [6.07, 6.45) is 2.59. The van der Waals surface area contributed by atoms with E-state index in [4.69, 9.17) is 4.74 Å². The van der Waals surface area contributed by atoms with Gasteiger partial charge >= 0.3 is 0 Å². The Bertz CT molecular complexity index is 640. The highest BCUT2D eigenvalue weighted by atomic mass is 16.5. The SMILES string of the molecule is Cc1cccc(OC[C@@]2(O)CCN(Cc3cn[nH]c3C)C2)c1. The topological polar surface area (TPSA) is 61.4 Å². The number of aromatic amines is 1. The molecule has 3 rings (SSSR count). The number of aromatic nitrogens is 2. The minimum Gasteiger partial charge on any atom is -0.491 e. The van der Waals surface area contributed by atoms with E-state index in [0.717, 1.165) is 36.5 Å². The Morgan fingerprint density at radius 3 is 3.00 bits per heavy atom. The van der Waals surface area contributed by atoms with Crippen LogP contribution in [0.2, 0.25) is 0 Å². The number of hydrogen-bond acceptors (Lipinski definition) is 4. The van der Waals surface area contributed by atoms with Crippen molar-refractivity contribution in [2.75, 3.05) is 19.7 Å². The quantitative estimate of drug-likeness (QED) is 0.887. The van der Waals surface area contributed by atoms with E-state index in [2.05, 4.69) is 15.1 Å². The second kappa shape index (κ2) is 6.10. The molecule has 1 aromatic carbocycles. The van der Waals surface area contributed by atoms with E-state index in [1.54, 1.807) is 0 Å². The van der Waals surface area contributed by atoms with E-state index >= 15 is 0 Å². The van der Waals surface area contributed by atoms with Crippen LogP contribution in [0, 0.1) is 13.8 Å². The third kappa shape index (κ3) is 3.48. The number of likely N-dealkylation sites (tertiary alicyclic amines) is 1. The maximum absolute atomic E-state index is 10.7. The predicted octanol–water partition coefficient (Wildman–Crippen LogP) is 2.04. The second-order valence-electron chi connectivity index (χ2n) is 6.31. The van der Waals surface area contributed by atoms with Gasteiger partial charge in [0.25, 0.3) is 0 Å². The van der Waals surface area contributed by atoms with E-state index in [1.165, 1.54) is 5.56 Å². The smallest absolute Gasteiger partial charge is 0.119 e. The Morgan fingerprint density at radius 2 is 2.27 bits per heavy atom. The lowest BCUT2D eigenvalue weighted by Gasteiger charge is -2.23. The van der Waals surface area contributed by atoms with Gasteiger partial charge in [-0.05, 0) is 38.0 Å². The first-order valence-electron chi connectivity index (χ1n) is 7.67. The average Bonchev–Trinajstić information content (AvgIpc) is 3.05. The zero-order valence-corrected chi connectivity index (χ0v) is 13.2. The number of rotatable bonds is 5. The van der Waals surface area contributed by atoms with Gasteiger partial charge in [-0.3, -0.25) is 10.00 Å². The minimum absolute atomic E-state index is 0.331. The molecular formula is C17H23N3O2. The van der Waals surface area contributed by atoms with Crippen molar-refractivity contribution in [1.82, 2.24) is 15.1 Å². The summed E-state index contributed by atoms with van der Waals surface area (Å²) in [6, 6.07) is 7.92. The highest BCUT2D eigenvalue weighted by Crippen LogP contribution is 2.25. The highest BCUT2D eigenvalue weighted by molar-refractivity contribution is 5.27. The van der Waals surface area contributed by atoms with Gasteiger partial charge in [-0.15, -0.1) is 0 Å². The molecule has 1 saturated heterocycles. The summed E-state index contributed by atoms with van der Waals surface area (Å²) >= 11 is 0. The Balaban J connectivity index is 1.55. The van der Waals surface area contributed by atoms with E-state index in [-0.39, 0.29) is 0 Å². The fourth-order valence-corrected chi connectivity index (χ4v) is 2.89. The van der Waals surface area contributed by atoms with Crippen molar-refractivity contribution in [2.24, 2.45) is 0 Å². The highest BCUT2D eigenvalue weighted by Gasteiger charge is 2.37. The number of aryl methyl sites for hydroxylation is 2. The largest absolute Gasteiger partial charge is 0.491 e. The first-order valence-corrected chi connectivity index (χ1v) is 7.67. The summed E-state index contributed by atoms with van der Waals surface area (Å²) in [6.45, 7) is 6.70. The Labute approximate surface area is 130 Å². The maximum Gasteiger partial charge on any atom is 0.119 e. The van der Waals surface area contributed by atoms with Crippen LogP contribution in [-0.2, 0) is 6.54 Å². The molecule has 0 saturated carbocycles. The number of benzene rings is 1. The summed E-state index contributed by atoms with van der Waals surface area (Å²) in [5.74, 6) is 0.817. The van der Waals surface area contributed by atoms with Gasteiger partial charge in [0.1, 0.15) is 18.0 Å². The minimum atomic E-state index is -0.776. The molecule has 2 heterocycles. The first-order chi connectivity index (χ1) is 10.5. The summed E-state index contributed by atoms with van der Waals surface area (Å²) < 4.78 is 5.79. The molecule has 0 radical (unpaired) electrons. The fourth-order valence-electron chi connectivity index (χ4n) is 2.89. The van der Waals surface area contributed by atoms with Crippen LogP contribution in [0.5, 0.6) is 5.75 Å². The van der Waals surface area contributed by atoms with Gasteiger partial charge in [0.05, 0.1) is 6.20 Å². The molecule has 5 nitrogen and oxygen atoms in total. The fraction of sp³-hybridized carbons (Fsp3) is 0.471. The summed E-state index contributed by atoms with van der Waals surface area (Å²) in [4.78, 5) is 2.25. The van der Waals surface area contributed by atoms with Gasteiger partial charge in [-0.2, -0.15) is 5.10 Å². The first kappa shape index (κ1) is 15.1. The van der Waals surface area contributed by atoms with Crippen LogP contribution in [0.25, 0.3) is 0 Å². The van der Waals surface area contributed by atoms with Gasteiger partial charge in [0.2, 0.25) is 0 Å². The van der Waals surface area contributed by atoms with Crippen molar-refractivity contribution in [1.29, 1.82) is 0 Å². The van der Waals surface area contributed by atoms with Gasteiger partial charge in [0.15, 0.2) is 0 Å². The van der Waals surface area contributed by atoms with Crippen LogP contribution in [-0.4, -0.2) is 45.5 Å². The molecular weight excluding hydrogens is 278 g/mol. The second-order valence-corrected chi connectivity index (χ2v) is 6.31. The number of H-pyrrole nitrogens is 1. The standard InChI is InChI=1S/C17H23N3O2/c1-13-4-3-5-16(8-13)22-12-17(21)6-7-20(11-17)10-15-9-18-19-14(15)2/h3-5,8-9,21H,6-7,10-12H2,1-2H3,(H,18,19)/t17-/m1/s1. The Kier molecular flexibility index (Phi) is 4.18. The van der Waals surface area contributed by atoms with Crippen LogP contribution in [0.15, 0.2) is 30.5 Å². The summed E-state index contributed by atoms with van der Waals surface area (Å²) in [5, 5.41) is 17.7. The lowest BCUT2D eigenvalue weighted by atomic mass is 10.1. The molecule has 1 fully saturated rings. The van der Waals surface area contributed by atoms with Crippen LogP contribution in [0.3, 0.4) is 0 Å². The summed E-state index contributed by atoms with van der Waals surface area (Å²) in [5.41, 5.74) is 2.66. The predicted molar refractivity (Wildman–Crippen MR) is 84.8 cm³/mol. The van der Waals surface area contributed by atoms with Crippen molar-refractivity contribution in [3.63, 3.8) is 0 Å². The van der Waals surface area contributed by atoms with E-state index in [9.17, 15) is 5.11 Å². The van der Waals surface area contributed by atoms with E-state index in [1.807, 2.05) is 44.3 Å². The van der Waals surface area contributed by atoms with Crippen LogP contribution < -0.4 is 4.74 Å². The Morgan fingerprint density at radius 1 is 1.41 bits per heavy atom. The lowest BCUT2D eigenvalue weighted by molar-refractivity contribution is 0.00335. The molecule has 0 aliphatic carbocycles. The molecule has 2 N–H and O–H groups in total. The number of aliphatic hydroxyl groups is 1. The van der Waals surface area contributed by atoms with Crippen molar-refractivity contribution >= 4 is 0 Å². The van der Waals surface area contributed by atoms with Crippen LogP contribution >= 0.6 is 0 Å². The molecule has 0 spiro atoms. The molecule has 22 heavy (non-hydrogen) atoms. The number of hydrogen-bond donors (Lipinski definition) is 2. The van der Waals surface area contributed by atoms with Gasteiger partial charge in [-0.25, -0.2) is 0 Å². The molecule has 5 heteroatoms. The third-order valence-corrected chi connectivity index (χ3v) is 4.24. The normalized spacial score (nSPS) is 22.1. The van der Waals surface area contributed by atoms with Gasteiger partial charge in [0, 0.05) is 30.9 Å². The van der Waals surface area contributed by atoms with Crippen LogP contribution in [0.1, 0.15) is 23.2 Å². The molecule has 118 valence electrons. The summed E-state index contributed by atoms with van der Waals surface area (Å²) in [7, 11) is 0. The van der Waals surface area contributed by atoms with Crippen molar-refractivity contribution < 1.29 is 9.84 Å². The Hall–Kier alpha value is -1.85. The third-order valence-electron chi connectivity index (χ3n) is 4.24. The van der Waals surface area contributed by atoms with E-state index in [0.29, 0.717) is 13.2 Å². The number of ether oxygens (including phenoxy) is 1. The van der Waals surface area contributed by atoms with Crippen LogP contribution in [0.4, 0.5) is 0 Å². The van der Waals surface area contributed by atoms with Crippen molar-refractivity contribution in [3.05, 3.63) is 47.3 Å². The van der Waals surface area contributed by atoms with Gasteiger partial charge < -0.3 is 9.84 Å². The molecule has 0 bridgehead atoms. The molecule has 0 unspecified atom stereocenters. The molecule has 0 amide bonds. The molecule has 1 atom stereocenters. The molecule has 1 aliphatic rings. The maximum atomic E-state index is 10.7. The number of nitrogens with zero attached hydrogens (tertiary/aromatic N) is 2. The zero-order chi connectivity index (χ0) is 15.6. The van der Waals surface area contributed by atoms with Gasteiger partial charge in [-0.1, -0.05) is 12.1 Å².